The van der Waals surface area contributed by atoms with Crippen molar-refractivity contribution in [1.82, 2.24) is 0 Å². The number of fused-ring (bicyclic) bond motifs is 14. The predicted molar refractivity (Wildman–Crippen MR) is 308 cm³/mol. The summed E-state index contributed by atoms with van der Waals surface area (Å²) in [7, 11) is 0. The number of aryl methyl sites for hydroxylation is 1. The summed E-state index contributed by atoms with van der Waals surface area (Å²) in [6.07, 6.45) is 4.38. The zero-order chi connectivity index (χ0) is 48.0. The lowest BCUT2D eigenvalue weighted by atomic mass is 9.58. The molecule has 0 N–H and O–H groups in total. The smallest absolute Gasteiger partial charge is 0.0719 e. The second-order valence-corrected chi connectivity index (χ2v) is 21.0. The Bertz CT molecular complexity index is 4140. The minimum absolute atomic E-state index is 0.0237. The Morgan fingerprint density at radius 1 is 0.370 bits per heavy atom. The Kier molecular flexibility index (Phi) is 9.58. The highest BCUT2D eigenvalue weighted by Gasteiger charge is 2.51. The summed E-state index contributed by atoms with van der Waals surface area (Å²) >= 11 is 1.88. The van der Waals surface area contributed by atoms with Crippen LogP contribution in [0.5, 0.6) is 0 Å². The number of allylic oxidation sites excluding steroid dienone is 1. The second-order valence-electron chi connectivity index (χ2n) is 19.9. The van der Waals surface area contributed by atoms with Crippen LogP contribution in [-0.2, 0) is 11.8 Å². The van der Waals surface area contributed by atoms with Crippen LogP contribution in [0.3, 0.4) is 0 Å². The van der Waals surface area contributed by atoms with E-state index >= 15 is 0 Å². The van der Waals surface area contributed by atoms with E-state index in [1.54, 1.807) is 0 Å². The number of nitrogens with zero attached hydrogens (tertiary/aromatic N) is 2. The molecule has 3 aliphatic carbocycles. The number of hydrogen-bond acceptors (Lipinski definition) is 3. The van der Waals surface area contributed by atoms with Crippen LogP contribution in [0.15, 0.2) is 260 Å². The van der Waals surface area contributed by atoms with E-state index in [0.717, 1.165) is 29.9 Å². The Balaban J connectivity index is 0.926. The van der Waals surface area contributed by atoms with Gasteiger partial charge in [0.25, 0.3) is 0 Å². The van der Waals surface area contributed by atoms with Crippen LogP contribution < -0.4 is 9.80 Å². The van der Waals surface area contributed by atoms with E-state index in [-0.39, 0.29) is 5.92 Å². The molecule has 1 aromatic heterocycles. The van der Waals surface area contributed by atoms with Crippen LogP contribution >= 0.6 is 11.3 Å². The van der Waals surface area contributed by atoms with Crippen molar-refractivity contribution in [3.05, 3.63) is 311 Å². The van der Waals surface area contributed by atoms with E-state index in [1.807, 2.05) is 11.3 Å². The van der Waals surface area contributed by atoms with Gasteiger partial charge in [-0.2, -0.15) is 0 Å². The normalized spacial score (nSPS) is 14.8. The fraction of sp³-hybridized carbons (Fsp3) is 0.0571. The van der Waals surface area contributed by atoms with Crippen molar-refractivity contribution in [2.45, 2.75) is 24.2 Å². The standard InChI is InChI=1S/C70H48N2S/c1-3-19-48(20-4-1)69-59-27-13-16-30-65(59)70(63-28-14-11-25-57(63)58-26-12-15-29-64(58)70)66-38-35-54(45-62(66)69)71(51-23-5-2-6-24-51)55-36-39-67-60(43-55)61-44-56(37-40-68(61)73-67)72(52-33-31-46-17-7-9-21-49(46)41-52)53-34-32-47-18-8-10-22-50(47)42-53/h1-31,33,35-45,69H,32,34H2. The molecule has 0 aliphatic heterocycles. The lowest BCUT2D eigenvalue weighted by molar-refractivity contribution is 0.697. The average Bonchev–Trinajstić information content (AvgIpc) is 4.03. The zero-order valence-corrected chi connectivity index (χ0v) is 40.9. The molecule has 73 heavy (non-hydrogen) atoms. The van der Waals surface area contributed by atoms with Gasteiger partial charge in [0.2, 0.25) is 0 Å². The third-order valence-electron chi connectivity index (χ3n) is 16.0. The van der Waals surface area contributed by atoms with Gasteiger partial charge in [0, 0.05) is 60.2 Å². The maximum absolute atomic E-state index is 2.52. The summed E-state index contributed by atoms with van der Waals surface area (Å²) < 4.78 is 2.56. The molecule has 1 atom stereocenters. The van der Waals surface area contributed by atoms with Crippen molar-refractivity contribution >= 4 is 76.8 Å². The highest BCUT2D eigenvalue weighted by atomic mass is 32.1. The molecule has 1 spiro atoms. The number of anilines is 5. The quantitative estimate of drug-likeness (QED) is 0.157. The molecule has 1 heterocycles. The average molecular weight is 949 g/mol. The fourth-order valence-electron chi connectivity index (χ4n) is 12.9. The highest BCUT2D eigenvalue weighted by molar-refractivity contribution is 7.25. The minimum Gasteiger partial charge on any atom is -0.314 e. The fourth-order valence-corrected chi connectivity index (χ4v) is 14.0. The maximum Gasteiger partial charge on any atom is 0.0719 e. The first-order valence-electron chi connectivity index (χ1n) is 25.6. The molecule has 0 saturated carbocycles. The zero-order valence-electron chi connectivity index (χ0n) is 40.1. The number of rotatable bonds is 7. The molecule has 15 rings (SSSR count). The van der Waals surface area contributed by atoms with Gasteiger partial charge in [-0.3, -0.25) is 0 Å². The van der Waals surface area contributed by atoms with Gasteiger partial charge in [-0.15, -0.1) is 11.3 Å². The topological polar surface area (TPSA) is 6.48 Å². The monoisotopic (exact) mass is 948 g/mol. The molecule has 11 aromatic carbocycles. The van der Waals surface area contributed by atoms with Crippen LogP contribution in [-0.4, -0.2) is 0 Å². The molecular weight excluding hydrogens is 901 g/mol. The third kappa shape index (κ3) is 6.48. The van der Waals surface area contributed by atoms with E-state index in [1.165, 1.54) is 109 Å². The molecule has 0 saturated heterocycles. The van der Waals surface area contributed by atoms with Gasteiger partial charge in [-0.05, 0) is 164 Å². The van der Waals surface area contributed by atoms with E-state index in [4.69, 9.17) is 0 Å². The molecule has 12 aromatic rings. The van der Waals surface area contributed by atoms with Gasteiger partial charge >= 0.3 is 0 Å². The number of thiophene rings is 1. The van der Waals surface area contributed by atoms with Crippen LogP contribution in [0, 0.1) is 0 Å². The second kappa shape index (κ2) is 16.7. The first-order valence-corrected chi connectivity index (χ1v) is 26.4. The Labute approximate surface area is 430 Å². The lowest BCUT2D eigenvalue weighted by Crippen LogP contribution is -2.36. The molecule has 344 valence electrons. The summed E-state index contributed by atoms with van der Waals surface area (Å²) in [6, 6.07) is 95.7. The molecule has 0 bridgehead atoms. The number of hydrogen-bond donors (Lipinski definition) is 0. The van der Waals surface area contributed by atoms with Gasteiger partial charge in [-0.25, -0.2) is 0 Å². The molecule has 3 heteroatoms. The SMILES string of the molecule is C1=C(N(c2ccc3ccccc3c2)c2ccc3sc4ccc(N(c5ccccc5)c5ccc6c(c5)C(c5ccccc5)c5ccccc5C65c6ccccc6-c6ccccc65)cc4c3c2)CCc2ccccc21. The van der Waals surface area contributed by atoms with Crippen molar-refractivity contribution in [3.63, 3.8) is 0 Å². The van der Waals surface area contributed by atoms with Gasteiger partial charge in [0.15, 0.2) is 0 Å². The Hall–Kier alpha value is -8.76. The number of benzene rings is 11. The summed E-state index contributed by atoms with van der Waals surface area (Å²) in [6.45, 7) is 0. The molecule has 0 radical (unpaired) electrons. The van der Waals surface area contributed by atoms with Gasteiger partial charge in [0.1, 0.15) is 0 Å². The summed E-state index contributed by atoms with van der Waals surface area (Å²) in [4.78, 5) is 4.98. The van der Waals surface area contributed by atoms with Crippen LogP contribution in [0.1, 0.15) is 62.4 Å². The van der Waals surface area contributed by atoms with Crippen molar-refractivity contribution in [1.29, 1.82) is 0 Å². The molecule has 1 unspecified atom stereocenters. The van der Waals surface area contributed by atoms with Crippen molar-refractivity contribution in [2.24, 2.45) is 0 Å². The summed E-state index contributed by atoms with van der Waals surface area (Å²) in [5.41, 5.74) is 21.3. The number of para-hydroxylation sites is 1. The highest BCUT2D eigenvalue weighted by Crippen LogP contribution is 2.62. The van der Waals surface area contributed by atoms with Crippen LogP contribution in [0.2, 0.25) is 0 Å². The van der Waals surface area contributed by atoms with E-state index < -0.39 is 5.41 Å². The first-order chi connectivity index (χ1) is 36.2. The van der Waals surface area contributed by atoms with E-state index in [9.17, 15) is 0 Å². The molecular formula is C70H48N2S. The largest absolute Gasteiger partial charge is 0.314 e. The van der Waals surface area contributed by atoms with E-state index in [0.29, 0.717) is 0 Å². The summed E-state index contributed by atoms with van der Waals surface area (Å²) in [5, 5.41) is 5.01. The molecule has 2 nitrogen and oxygen atoms in total. The van der Waals surface area contributed by atoms with Crippen molar-refractivity contribution in [2.75, 3.05) is 9.80 Å². The van der Waals surface area contributed by atoms with Gasteiger partial charge < -0.3 is 9.80 Å². The van der Waals surface area contributed by atoms with Crippen LogP contribution in [0.25, 0.3) is 48.1 Å². The Morgan fingerprint density at radius 3 is 1.67 bits per heavy atom. The third-order valence-corrected chi connectivity index (χ3v) is 17.2. The molecule has 0 fully saturated rings. The molecule has 0 amide bonds. The minimum atomic E-state index is -0.482. The maximum atomic E-state index is 2.52. The van der Waals surface area contributed by atoms with Crippen LogP contribution in [0.4, 0.5) is 28.4 Å². The van der Waals surface area contributed by atoms with Crippen molar-refractivity contribution in [3.8, 4) is 11.1 Å². The van der Waals surface area contributed by atoms with Crippen molar-refractivity contribution < 1.29 is 0 Å². The predicted octanol–water partition coefficient (Wildman–Crippen LogP) is 18.7. The summed E-state index contributed by atoms with van der Waals surface area (Å²) in [5.74, 6) is 0.0237. The van der Waals surface area contributed by atoms with Gasteiger partial charge in [0.05, 0.1) is 5.41 Å². The first kappa shape index (κ1) is 42.0. The van der Waals surface area contributed by atoms with E-state index in [2.05, 4.69) is 271 Å². The Morgan fingerprint density at radius 2 is 0.918 bits per heavy atom. The van der Waals surface area contributed by atoms with Gasteiger partial charge in [-0.1, -0.05) is 182 Å². The lowest BCUT2D eigenvalue weighted by Gasteiger charge is -2.44. The molecule has 3 aliphatic rings.